The first-order valence-electron chi connectivity index (χ1n) is 7.67. The van der Waals surface area contributed by atoms with Crippen molar-refractivity contribution in [1.29, 1.82) is 0 Å². The zero-order chi connectivity index (χ0) is 15.6. The number of aromatic amines is 1. The van der Waals surface area contributed by atoms with Crippen LogP contribution >= 0.6 is 0 Å². The van der Waals surface area contributed by atoms with Crippen LogP contribution in [-0.2, 0) is 16.1 Å². The van der Waals surface area contributed by atoms with Gasteiger partial charge in [-0.15, -0.1) is 5.10 Å². The Balaban J connectivity index is 1.43. The second-order valence-electron chi connectivity index (χ2n) is 5.60. The normalized spacial score (nSPS) is 17.7. The molecule has 1 aliphatic heterocycles. The Hall–Kier alpha value is -2.67. The van der Waals surface area contributed by atoms with E-state index in [0.29, 0.717) is 5.82 Å². The lowest BCUT2D eigenvalue weighted by atomic mass is 10.2. The fraction of sp³-hybridized carbons (Fsp3) is 0.312. The van der Waals surface area contributed by atoms with Crippen molar-refractivity contribution in [3.63, 3.8) is 0 Å². The van der Waals surface area contributed by atoms with Crippen LogP contribution in [0.15, 0.2) is 36.5 Å². The molecule has 3 aromatic rings. The number of fused-ring (bicyclic) bond motifs is 1. The second-order valence-corrected chi connectivity index (χ2v) is 5.60. The predicted octanol–water partition coefficient (Wildman–Crippen LogP) is 2.25. The van der Waals surface area contributed by atoms with Crippen molar-refractivity contribution in [1.82, 2.24) is 19.7 Å². The van der Waals surface area contributed by atoms with Gasteiger partial charge in [0.25, 0.3) is 0 Å². The molecule has 1 aliphatic rings. The number of benzene rings is 1. The molecule has 7 heteroatoms. The Kier molecular flexibility index (Phi) is 3.55. The Bertz CT molecular complexity index is 832. The summed E-state index contributed by atoms with van der Waals surface area (Å²) in [5, 5.41) is 10.7. The Morgan fingerprint density at radius 1 is 1.39 bits per heavy atom. The first kappa shape index (κ1) is 14.0. The third kappa shape index (κ3) is 2.83. The number of rotatable bonds is 4. The minimum Gasteiger partial charge on any atom is -0.370 e. The summed E-state index contributed by atoms with van der Waals surface area (Å²) in [5.74, 6) is 0.797. The molecule has 0 bridgehead atoms. The molecule has 0 saturated carbocycles. The number of nitrogens with one attached hydrogen (secondary N) is 2. The molecule has 1 fully saturated rings. The van der Waals surface area contributed by atoms with Crippen LogP contribution in [0.5, 0.6) is 0 Å². The van der Waals surface area contributed by atoms with Crippen molar-refractivity contribution in [2.45, 2.75) is 25.5 Å². The summed E-state index contributed by atoms with van der Waals surface area (Å²) in [6.45, 7) is 0.963. The van der Waals surface area contributed by atoms with Crippen molar-refractivity contribution in [2.75, 3.05) is 11.9 Å². The van der Waals surface area contributed by atoms with E-state index in [1.165, 1.54) is 0 Å². The largest absolute Gasteiger partial charge is 0.370 e. The summed E-state index contributed by atoms with van der Waals surface area (Å²) in [6, 6.07) is 9.94. The number of hydrogen-bond acceptors (Lipinski definition) is 4. The molecule has 0 aliphatic carbocycles. The number of carbonyl (C=O) groups excluding carboxylic acids is 1. The van der Waals surface area contributed by atoms with Crippen LogP contribution < -0.4 is 5.32 Å². The molecule has 2 aromatic heterocycles. The van der Waals surface area contributed by atoms with Gasteiger partial charge in [0.15, 0.2) is 5.82 Å². The van der Waals surface area contributed by atoms with Crippen LogP contribution in [0, 0.1) is 0 Å². The monoisotopic (exact) mass is 311 g/mol. The average molecular weight is 311 g/mol. The van der Waals surface area contributed by atoms with Crippen LogP contribution in [0.3, 0.4) is 0 Å². The maximum Gasteiger partial charge on any atom is 0.248 e. The van der Waals surface area contributed by atoms with Gasteiger partial charge in [-0.1, -0.05) is 18.2 Å². The first-order chi connectivity index (χ1) is 11.3. The van der Waals surface area contributed by atoms with Gasteiger partial charge in [0, 0.05) is 18.3 Å². The quantitative estimate of drug-likeness (QED) is 0.774. The third-order valence-electron chi connectivity index (χ3n) is 3.98. The van der Waals surface area contributed by atoms with E-state index < -0.39 is 0 Å². The second kappa shape index (κ2) is 5.85. The number of para-hydroxylation sites is 1. The van der Waals surface area contributed by atoms with E-state index in [1.807, 2.05) is 41.1 Å². The van der Waals surface area contributed by atoms with E-state index in [-0.39, 0.29) is 24.5 Å². The van der Waals surface area contributed by atoms with E-state index in [1.54, 1.807) is 0 Å². The van der Waals surface area contributed by atoms with Crippen molar-refractivity contribution >= 4 is 22.8 Å². The van der Waals surface area contributed by atoms with Gasteiger partial charge < -0.3 is 9.30 Å². The molecule has 1 saturated heterocycles. The van der Waals surface area contributed by atoms with Crippen LogP contribution in [0.1, 0.15) is 24.8 Å². The zero-order valence-corrected chi connectivity index (χ0v) is 12.5. The minimum atomic E-state index is -0.163. The maximum atomic E-state index is 12.2. The third-order valence-corrected chi connectivity index (χ3v) is 3.98. The molecular weight excluding hydrogens is 294 g/mol. The first-order valence-corrected chi connectivity index (χ1v) is 7.67. The fourth-order valence-corrected chi connectivity index (χ4v) is 2.86. The summed E-state index contributed by atoms with van der Waals surface area (Å²) >= 11 is 0. The van der Waals surface area contributed by atoms with Gasteiger partial charge in [-0.25, -0.2) is 0 Å². The predicted molar refractivity (Wildman–Crippen MR) is 84.9 cm³/mol. The van der Waals surface area contributed by atoms with Gasteiger partial charge in [-0.3, -0.25) is 15.2 Å². The van der Waals surface area contributed by atoms with Gasteiger partial charge in [0.1, 0.15) is 12.6 Å². The van der Waals surface area contributed by atoms with Crippen LogP contribution in [-0.4, -0.2) is 32.3 Å². The lowest BCUT2D eigenvalue weighted by Crippen LogP contribution is -2.19. The highest BCUT2D eigenvalue weighted by molar-refractivity contribution is 5.90. The highest BCUT2D eigenvalue weighted by atomic mass is 16.5. The number of anilines is 1. The Morgan fingerprint density at radius 3 is 3.17 bits per heavy atom. The number of ether oxygens (including phenoxy) is 1. The average Bonchev–Trinajstić information content (AvgIpc) is 3.27. The van der Waals surface area contributed by atoms with Gasteiger partial charge in [-0.05, 0) is 30.4 Å². The van der Waals surface area contributed by atoms with Crippen LogP contribution in [0.2, 0.25) is 0 Å². The number of carbonyl (C=O) groups is 1. The summed E-state index contributed by atoms with van der Waals surface area (Å²) in [7, 11) is 0. The highest BCUT2D eigenvalue weighted by Gasteiger charge is 2.21. The van der Waals surface area contributed by atoms with Gasteiger partial charge in [0.2, 0.25) is 11.9 Å². The zero-order valence-electron chi connectivity index (χ0n) is 12.5. The Labute approximate surface area is 132 Å². The topological polar surface area (TPSA) is 84.8 Å². The molecule has 23 heavy (non-hydrogen) atoms. The number of aromatic nitrogens is 4. The summed E-state index contributed by atoms with van der Waals surface area (Å²) in [6.07, 6.45) is 3.81. The molecule has 0 unspecified atom stereocenters. The molecule has 1 amide bonds. The number of H-pyrrole nitrogens is 1. The molecule has 3 heterocycles. The van der Waals surface area contributed by atoms with E-state index in [0.717, 1.165) is 30.4 Å². The van der Waals surface area contributed by atoms with Gasteiger partial charge in [-0.2, -0.15) is 4.98 Å². The molecule has 4 rings (SSSR count). The van der Waals surface area contributed by atoms with Crippen molar-refractivity contribution in [2.24, 2.45) is 0 Å². The lowest BCUT2D eigenvalue weighted by molar-refractivity contribution is -0.116. The van der Waals surface area contributed by atoms with Gasteiger partial charge >= 0.3 is 0 Å². The lowest BCUT2D eigenvalue weighted by Gasteiger charge is -2.05. The maximum absolute atomic E-state index is 12.2. The number of amides is 1. The van der Waals surface area contributed by atoms with Crippen LogP contribution in [0.4, 0.5) is 5.95 Å². The highest BCUT2D eigenvalue weighted by Crippen LogP contribution is 2.26. The van der Waals surface area contributed by atoms with Crippen molar-refractivity contribution in [3.8, 4) is 0 Å². The molecule has 2 N–H and O–H groups in total. The molecular formula is C16H17N5O2. The summed E-state index contributed by atoms with van der Waals surface area (Å²) in [4.78, 5) is 16.5. The molecule has 118 valence electrons. The van der Waals surface area contributed by atoms with Crippen molar-refractivity contribution < 1.29 is 9.53 Å². The van der Waals surface area contributed by atoms with Crippen molar-refractivity contribution in [3.05, 3.63) is 42.4 Å². The SMILES string of the molecule is O=C(Cn1ccc2ccccc21)Nc1n[nH]c([C@H]2CCCO2)n1. The summed E-state index contributed by atoms with van der Waals surface area (Å²) in [5.41, 5.74) is 1.03. The van der Waals surface area contributed by atoms with E-state index in [4.69, 9.17) is 4.74 Å². The van der Waals surface area contributed by atoms with E-state index in [9.17, 15) is 4.79 Å². The summed E-state index contributed by atoms with van der Waals surface area (Å²) < 4.78 is 7.44. The molecule has 7 nitrogen and oxygen atoms in total. The van der Waals surface area contributed by atoms with Gasteiger partial charge in [0.05, 0.1) is 0 Å². The smallest absolute Gasteiger partial charge is 0.248 e. The van der Waals surface area contributed by atoms with E-state index >= 15 is 0 Å². The fourth-order valence-electron chi connectivity index (χ4n) is 2.86. The number of hydrogen-bond donors (Lipinski definition) is 2. The standard InChI is InChI=1S/C16H17N5O2/c22-14(10-21-8-7-11-4-1-2-5-12(11)21)17-16-18-15(19-20-16)13-6-3-9-23-13/h1-2,4-5,7-8,13H,3,6,9-10H2,(H2,17,18,19,20,22)/t13-/m1/s1. The molecule has 0 spiro atoms. The molecule has 0 radical (unpaired) electrons. The minimum absolute atomic E-state index is 0.0402. The van der Waals surface area contributed by atoms with E-state index in [2.05, 4.69) is 20.5 Å². The Morgan fingerprint density at radius 2 is 2.30 bits per heavy atom. The van der Waals surface area contributed by atoms with Crippen LogP contribution in [0.25, 0.3) is 10.9 Å². The number of nitrogens with zero attached hydrogens (tertiary/aromatic N) is 3. The molecule has 1 atom stereocenters. The molecule has 1 aromatic carbocycles.